The van der Waals surface area contributed by atoms with Crippen molar-refractivity contribution in [3.63, 3.8) is 0 Å². The Hall–Kier alpha value is -2.38. The molecule has 1 aliphatic rings. The Balaban J connectivity index is 2.04. The molecule has 1 aromatic heterocycles. The van der Waals surface area contributed by atoms with Crippen LogP contribution in [0.5, 0.6) is 0 Å². The van der Waals surface area contributed by atoms with Gasteiger partial charge in [0.2, 0.25) is 0 Å². The summed E-state index contributed by atoms with van der Waals surface area (Å²) in [6, 6.07) is 1.65. The van der Waals surface area contributed by atoms with Gasteiger partial charge in [0.05, 0.1) is 4.92 Å². The number of nitro groups is 1. The average molecular weight is 322 g/mol. The quantitative estimate of drug-likeness (QED) is 0.675. The number of nitrogens with one attached hydrogen (secondary N) is 1. The van der Waals surface area contributed by atoms with Gasteiger partial charge in [0.1, 0.15) is 17.5 Å². The van der Waals surface area contributed by atoms with Crippen molar-refractivity contribution in [1.82, 2.24) is 10.3 Å². The van der Waals surface area contributed by atoms with Gasteiger partial charge in [-0.2, -0.15) is 0 Å². The maximum atomic E-state index is 11.8. The van der Waals surface area contributed by atoms with Gasteiger partial charge in [0, 0.05) is 25.3 Å². The van der Waals surface area contributed by atoms with Gasteiger partial charge in [-0.1, -0.05) is 0 Å². The summed E-state index contributed by atoms with van der Waals surface area (Å²) in [5.41, 5.74) is -0.0290. The Morgan fingerprint density at radius 2 is 2.30 bits per heavy atom. The summed E-state index contributed by atoms with van der Waals surface area (Å²) in [4.78, 5) is 28.3. The number of hydrogen-bond donors (Lipinski definition) is 1. The van der Waals surface area contributed by atoms with Crippen molar-refractivity contribution in [3.05, 3.63) is 28.6 Å². The van der Waals surface area contributed by atoms with Gasteiger partial charge in [-0.15, -0.1) is 0 Å². The van der Waals surface area contributed by atoms with Gasteiger partial charge < -0.3 is 15.0 Å². The Kier molecular flexibility index (Phi) is 5.02. The first kappa shape index (κ1) is 17.0. The third-order valence-corrected chi connectivity index (χ3v) is 3.54. The summed E-state index contributed by atoms with van der Waals surface area (Å²) in [5, 5.41) is 13.9. The van der Waals surface area contributed by atoms with Crippen molar-refractivity contribution >= 4 is 17.5 Å². The molecule has 1 N–H and O–H groups in total. The summed E-state index contributed by atoms with van der Waals surface area (Å²) in [6.45, 7) is 6.50. The average Bonchev–Trinajstić information content (AvgIpc) is 2.91. The van der Waals surface area contributed by atoms with Gasteiger partial charge in [-0.05, 0) is 39.7 Å². The summed E-state index contributed by atoms with van der Waals surface area (Å²) >= 11 is 0. The molecule has 8 heteroatoms. The number of aromatic nitrogens is 1. The van der Waals surface area contributed by atoms with Gasteiger partial charge in [-0.3, -0.25) is 15.1 Å². The van der Waals surface area contributed by atoms with Crippen LogP contribution >= 0.6 is 0 Å². The highest BCUT2D eigenvalue weighted by molar-refractivity contribution is 5.68. The fourth-order valence-corrected chi connectivity index (χ4v) is 2.64. The molecule has 126 valence electrons. The van der Waals surface area contributed by atoms with Crippen LogP contribution in [0, 0.1) is 10.1 Å². The molecule has 0 spiro atoms. The van der Waals surface area contributed by atoms with E-state index in [1.807, 2.05) is 4.90 Å². The first-order valence-corrected chi connectivity index (χ1v) is 7.60. The van der Waals surface area contributed by atoms with Crippen LogP contribution in [-0.4, -0.2) is 40.7 Å². The summed E-state index contributed by atoms with van der Waals surface area (Å²) in [6.07, 6.45) is 4.09. The molecule has 0 aromatic carbocycles. The highest BCUT2D eigenvalue weighted by Crippen LogP contribution is 2.32. The zero-order valence-electron chi connectivity index (χ0n) is 13.6. The number of anilines is 1. The van der Waals surface area contributed by atoms with Gasteiger partial charge in [0.25, 0.3) is 0 Å². The second-order valence-electron chi connectivity index (χ2n) is 6.49. The number of carbonyl (C=O) groups excluding carboxylic acids is 1. The molecule has 0 saturated carbocycles. The highest BCUT2D eigenvalue weighted by atomic mass is 16.6. The zero-order chi connectivity index (χ0) is 17.0. The van der Waals surface area contributed by atoms with E-state index in [2.05, 4.69) is 10.3 Å². The third kappa shape index (κ3) is 4.54. The summed E-state index contributed by atoms with van der Waals surface area (Å²) < 4.78 is 5.21. The molecule has 1 saturated heterocycles. The molecular weight excluding hydrogens is 300 g/mol. The minimum atomic E-state index is -0.552. The van der Waals surface area contributed by atoms with E-state index in [-0.39, 0.29) is 11.7 Å². The molecule has 0 unspecified atom stereocenters. The molecule has 1 aliphatic heterocycles. The van der Waals surface area contributed by atoms with Crippen LogP contribution in [0.2, 0.25) is 0 Å². The molecule has 0 bridgehead atoms. The molecule has 1 fully saturated rings. The molecule has 8 nitrogen and oxygen atoms in total. The molecule has 2 heterocycles. The van der Waals surface area contributed by atoms with E-state index in [0.717, 1.165) is 12.8 Å². The second-order valence-corrected chi connectivity index (χ2v) is 6.49. The Bertz CT molecular complexity index is 585. The Morgan fingerprint density at radius 3 is 2.96 bits per heavy atom. The molecule has 1 amide bonds. The lowest BCUT2D eigenvalue weighted by atomic mass is 10.2. The fourth-order valence-electron chi connectivity index (χ4n) is 2.64. The molecule has 0 aliphatic carbocycles. The predicted octanol–water partition coefficient (Wildman–Crippen LogP) is 2.48. The van der Waals surface area contributed by atoms with Crippen LogP contribution in [0.1, 0.15) is 33.6 Å². The third-order valence-electron chi connectivity index (χ3n) is 3.54. The molecule has 0 radical (unpaired) electrons. The van der Waals surface area contributed by atoms with Crippen molar-refractivity contribution in [3.8, 4) is 0 Å². The van der Waals surface area contributed by atoms with Gasteiger partial charge in [-0.25, -0.2) is 4.79 Å². The number of rotatable bonds is 4. The summed E-state index contributed by atoms with van der Waals surface area (Å²) in [5.74, 6) is 0. The van der Waals surface area contributed by atoms with Gasteiger partial charge >= 0.3 is 11.8 Å². The first-order valence-electron chi connectivity index (χ1n) is 7.60. The smallest absolute Gasteiger partial charge is 0.407 e. The lowest BCUT2D eigenvalue weighted by molar-refractivity contribution is -0.384. The monoisotopic (exact) mass is 322 g/mol. The van der Waals surface area contributed by atoms with E-state index in [4.69, 9.17) is 4.74 Å². The largest absolute Gasteiger partial charge is 0.444 e. The number of nitrogens with zero attached hydrogens (tertiary/aromatic N) is 3. The van der Waals surface area contributed by atoms with E-state index in [1.54, 1.807) is 33.0 Å². The minimum Gasteiger partial charge on any atom is -0.444 e. The maximum Gasteiger partial charge on any atom is 0.407 e. The maximum absolute atomic E-state index is 11.8. The van der Waals surface area contributed by atoms with E-state index >= 15 is 0 Å². The SMILES string of the molecule is CC(C)(C)OC(=O)NC[C@H]1CCCN1c1ccncc1[N+](=O)[O-]. The first-order chi connectivity index (χ1) is 10.8. The van der Waals surface area contributed by atoms with Gasteiger partial charge in [0.15, 0.2) is 0 Å². The van der Waals surface area contributed by atoms with Crippen LogP contribution in [0.15, 0.2) is 18.5 Å². The van der Waals surface area contributed by atoms with Crippen molar-refractivity contribution in [2.45, 2.75) is 45.3 Å². The lowest BCUT2D eigenvalue weighted by Gasteiger charge is -2.27. The lowest BCUT2D eigenvalue weighted by Crippen LogP contribution is -2.42. The number of alkyl carbamates (subject to hydrolysis) is 1. The predicted molar refractivity (Wildman–Crippen MR) is 85.5 cm³/mol. The zero-order valence-corrected chi connectivity index (χ0v) is 13.6. The van der Waals surface area contributed by atoms with Crippen LogP contribution in [0.25, 0.3) is 0 Å². The molecule has 1 atom stereocenters. The molecular formula is C15H22N4O4. The standard InChI is InChI=1S/C15H22N4O4/c1-15(2,3)23-14(20)17-9-11-5-4-8-18(11)12-6-7-16-10-13(12)19(21)22/h6-7,10-11H,4-5,8-9H2,1-3H3,(H,17,20)/t11-/m1/s1. The Morgan fingerprint density at radius 1 is 1.57 bits per heavy atom. The number of amides is 1. The van der Waals surface area contributed by atoms with E-state index in [9.17, 15) is 14.9 Å². The molecule has 23 heavy (non-hydrogen) atoms. The van der Waals surface area contributed by atoms with E-state index in [0.29, 0.717) is 18.8 Å². The van der Waals surface area contributed by atoms with Crippen LogP contribution in [0.4, 0.5) is 16.2 Å². The number of ether oxygens (including phenoxy) is 1. The highest BCUT2D eigenvalue weighted by Gasteiger charge is 2.30. The normalized spacial score (nSPS) is 17.9. The molecule has 2 rings (SSSR count). The number of pyridine rings is 1. The van der Waals surface area contributed by atoms with E-state index < -0.39 is 16.6 Å². The second kappa shape index (κ2) is 6.80. The van der Waals surface area contributed by atoms with Crippen LogP contribution in [-0.2, 0) is 4.74 Å². The van der Waals surface area contributed by atoms with Crippen LogP contribution in [0.3, 0.4) is 0 Å². The number of hydrogen-bond acceptors (Lipinski definition) is 6. The van der Waals surface area contributed by atoms with Crippen LogP contribution < -0.4 is 10.2 Å². The fraction of sp³-hybridized carbons (Fsp3) is 0.600. The van der Waals surface area contributed by atoms with Crippen molar-refractivity contribution in [1.29, 1.82) is 0 Å². The van der Waals surface area contributed by atoms with Crippen molar-refractivity contribution in [2.75, 3.05) is 18.0 Å². The minimum absolute atomic E-state index is 0.00335. The number of carbonyl (C=O) groups is 1. The topological polar surface area (TPSA) is 97.6 Å². The van der Waals surface area contributed by atoms with Crippen molar-refractivity contribution < 1.29 is 14.5 Å². The molecule has 1 aromatic rings. The van der Waals surface area contributed by atoms with Crippen molar-refractivity contribution in [2.24, 2.45) is 0 Å². The Labute approximate surface area is 135 Å². The summed E-state index contributed by atoms with van der Waals surface area (Å²) in [7, 11) is 0. The van der Waals surface area contributed by atoms with E-state index in [1.165, 1.54) is 6.20 Å².